The summed E-state index contributed by atoms with van der Waals surface area (Å²) in [4.78, 5) is 10.5. The van der Waals surface area contributed by atoms with Crippen molar-refractivity contribution in [2.24, 2.45) is 0 Å². The Bertz CT molecular complexity index is 644. The summed E-state index contributed by atoms with van der Waals surface area (Å²) in [5.74, 6) is -1.37. The third-order valence-electron chi connectivity index (χ3n) is 2.61. The fourth-order valence-electron chi connectivity index (χ4n) is 1.69. The Hall–Kier alpha value is -2.75. The molecular formula is C15H12O4. The van der Waals surface area contributed by atoms with Crippen LogP contribution in [0.15, 0.2) is 48.5 Å². The van der Waals surface area contributed by atoms with E-state index >= 15 is 0 Å². The minimum Gasteiger partial charge on any atom is -0.504 e. The maximum atomic E-state index is 10.5. The third kappa shape index (κ3) is 3.13. The maximum absolute atomic E-state index is 10.5. The van der Waals surface area contributed by atoms with Crippen molar-refractivity contribution in [1.82, 2.24) is 0 Å². The predicted octanol–water partition coefficient (Wildman–Crippen LogP) is 2.86. The van der Waals surface area contributed by atoms with E-state index in [1.54, 1.807) is 24.3 Å². The molecule has 0 atom stereocenters. The number of aromatic hydroxyl groups is 2. The van der Waals surface area contributed by atoms with Crippen molar-refractivity contribution in [2.75, 3.05) is 0 Å². The molecule has 2 rings (SSSR count). The van der Waals surface area contributed by atoms with Gasteiger partial charge in [-0.1, -0.05) is 24.3 Å². The topological polar surface area (TPSA) is 77.8 Å². The second kappa shape index (κ2) is 5.27. The zero-order chi connectivity index (χ0) is 13.8. The molecule has 0 aliphatic rings. The highest BCUT2D eigenvalue weighted by Gasteiger charge is 2.03. The number of carboxylic acids is 1. The van der Waals surface area contributed by atoms with Gasteiger partial charge in [-0.15, -0.1) is 0 Å². The van der Waals surface area contributed by atoms with Crippen molar-refractivity contribution in [3.8, 4) is 22.6 Å². The van der Waals surface area contributed by atoms with Gasteiger partial charge in [-0.05, 0) is 41.0 Å². The van der Waals surface area contributed by atoms with Gasteiger partial charge in [0.1, 0.15) is 0 Å². The van der Waals surface area contributed by atoms with Crippen molar-refractivity contribution in [2.45, 2.75) is 0 Å². The van der Waals surface area contributed by atoms with Crippen LogP contribution in [0.5, 0.6) is 11.5 Å². The predicted molar refractivity (Wildman–Crippen MR) is 71.9 cm³/mol. The second-order valence-corrected chi connectivity index (χ2v) is 4.00. The molecule has 0 radical (unpaired) electrons. The van der Waals surface area contributed by atoms with Crippen LogP contribution in [0.1, 0.15) is 5.56 Å². The van der Waals surface area contributed by atoms with E-state index < -0.39 is 5.97 Å². The Morgan fingerprint density at radius 2 is 1.68 bits per heavy atom. The van der Waals surface area contributed by atoms with Crippen LogP contribution in [0.2, 0.25) is 0 Å². The number of phenolic OH excluding ortho intramolecular Hbond substituents is 2. The van der Waals surface area contributed by atoms with Crippen LogP contribution >= 0.6 is 0 Å². The van der Waals surface area contributed by atoms with Gasteiger partial charge in [0, 0.05) is 6.08 Å². The average molecular weight is 256 g/mol. The molecule has 0 heterocycles. The first-order valence-electron chi connectivity index (χ1n) is 5.60. The van der Waals surface area contributed by atoms with Gasteiger partial charge >= 0.3 is 5.97 Å². The van der Waals surface area contributed by atoms with Crippen LogP contribution in [-0.2, 0) is 4.79 Å². The fraction of sp³-hybridized carbons (Fsp3) is 0. The number of carbonyl (C=O) groups is 1. The normalized spacial score (nSPS) is 10.7. The Kier molecular flexibility index (Phi) is 3.52. The molecule has 0 unspecified atom stereocenters. The van der Waals surface area contributed by atoms with Gasteiger partial charge in [-0.3, -0.25) is 0 Å². The molecular weight excluding hydrogens is 244 g/mol. The first-order chi connectivity index (χ1) is 9.06. The summed E-state index contributed by atoms with van der Waals surface area (Å²) in [6.45, 7) is 0. The van der Waals surface area contributed by atoms with E-state index in [9.17, 15) is 15.0 Å². The molecule has 0 saturated carbocycles. The minimum absolute atomic E-state index is 0.175. The first-order valence-corrected chi connectivity index (χ1v) is 5.60. The van der Waals surface area contributed by atoms with Crippen molar-refractivity contribution >= 4 is 12.0 Å². The van der Waals surface area contributed by atoms with E-state index in [4.69, 9.17) is 5.11 Å². The van der Waals surface area contributed by atoms with E-state index in [2.05, 4.69) is 0 Å². The standard InChI is InChI=1S/C15H12O4/c16-13-6-5-12(9-14(13)17)11-3-1-2-10(8-11)4-7-15(18)19/h1-9,16-17H,(H,18,19)/b7-4+. The maximum Gasteiger partial charge on any atom is 0.328 e. The minimum atomic E-state index is -1.01. The molecule has 0 saturated heterocycles. The van der Waals surface area contributed by atoms with Crippen LogP contribution in [0.4, 0.5) is 0 Å². The molecule has 0 bridgehead atoms. The lowest BCUT2D eigenvalue weighted by molar-refractivity contribution is -0.131. The molecule has 0 aromatic heterocycles. The Morgan fingerprint density at radius 1 is 0.947 bits per heavy atom. The Morgan fingerprint density at radius 3 is 2.37 bits per heavy atom. The first kappa shape index (κ1) is 12.7. The summed E-state index contributed by atoms with van der Waals surface area (Å²) in [6, 6.07) is 11.7. The molecule has 4 nitrogen and oxygen atoms in total. The average Bonchev–Trinajstić information content (AvgIpc) is 2.40. The zero-order valence-corrected chi connectivity index (χ0v) is 9.95. The fourth-order valence-corrected chi connectivity index (χ4v) is 1.69. The number of hydrogen-bond acceptors (Lipinski definition) is 3. The Balaban J connectivity index is 2.37. The van der Waals surface area contributed by atoms with Gasteiger partial charge in [0.25, 0.3) is 0 Å². The number of phenols is 2. The van der Waals surface area contributed by atoms with E-state index in [1.165, 1.54) is 18.2 Å². The molecule has 0 fully saturated rings. The molecule has 4 heteroatoms. The monoisotopic (exact) mass is 256 g/mol. The van der Waals surface area contributed by atoms with E-state index in [0.29, 0.717) is 0 Å². The number of hydrogen-bond donors (Lipinski definition) is 3. The van der Waals surface area contributed by atoms with Crippen molar-refractivity contribution < 1.29 is 20.1 Å². The third-order valence-corrected chi connectivity index (χ3v) is 2.61. The molecule has 0 aliphatic carbocycles. The van der Waals surface area contributed by atoms with Crippen molar-refractivity contribution in [3.05, 3.63) is 54.1 Å². The smallest absolute Gasteiger partial charge is 0.328 e. The highest BCUT2D eigenvalue weighted by Crippen LogP contribution is 2.30. The van der Waals surface area contributed by atoms with Gasteiger partial charge in [-0.2, -0.15) is 0 Å². The summed E-state index contributed by atoms with van der Waals surface area (Å²) >= 11 is 0. The summed E-state index contributed by atoms with van der Waals surface area (Å²) < 4.78 is 0. The lowest BCUT2D eigenvalue weighted by Gasteiger charge is -2.05. The highest BCUT2D eigenvalue weighted by molar-refractivity contribution is 5.85. The lowest BCUT2D eigenvalue weighted by atomic mass is 10.0. The summed E-state index contributed by atoms with van der Waals surface area (Å²) in [7, 11) is 0. The summed E-state index contributed by atoms with van der Waals surface area (Å²) in [5, 5.41) is 27.3. The zero-order valence-electron chi connectivity index (χ0n) is 9.95. The van der Waals surface area contributed by atoms with E-state index in [1.807, 2.05) is 6.07 Å². The molecule has 3 N–H and O–H groups in total. The van der Waals surface area contributed by atoms with Gasteiger partial charge in [0.05, 0.1) is 0 Å². The number of carboxylic acid groups (broad SMARTS) is 1. The van der Waals surface area contributed by atoms with Crippen LogP contribution in [-0.4, -0.2) is 21.3 Å². The number of rotatable bonds is 3. The highest BCUT2D eigenvalue weighted by atomic mass is 16.4. The molecule has 96 valence electrons. The largest absolute Gasteiger partial charge is 0.504 e. The van der Waals surface area contributed by atoms with E-state index in [0.717, 1.165) is 22.8 Å². The van der Waals surface area contributed by atoms with Gasteiger partial charge in [-0.25, -0.2) is 4.79 Å². The van der Waals surface area contributed by atoms with E-state index in [-0.39, 0.29) is 11.5 Å². The van der Waals surface area contributed by atoms with Crippen molar-refractivity contribution in [3.63, 3.8) is 0 Å². The molecule has 2 aromatic carbocycles. The quantitative estimate of drug-likeness (QED) is 0.583. The van der Waals surface area contributed by atoms with Crippen molar-refractivity contribution in [1.29, 1.82) is 0 Å². The summed E-state index contributed by atoms with van der Waals surface area (Å²) in [6.07, 6.45) is 2.56. The Labute approximate surface area is 109 Å². The van der Waals surface area contributed by atoms with Crippen LogP contribution in [0.3, 0.4) is 0 Å². The van der Waals surface area contributed by atoms with Crippen LogP contribution < -0.4 is 0 Å². The molecule has 2 aromatic rings. The molecule has 0 spiro atoms. The molecule has 0 amide bonds. The molecule has 0 aliphatic heterocycles. The van der Waals surface area contributed by atoms with Gasteiger partial charge in [0.2, 0.25) is 0 Å². The van der Waals surface area contributed by atoms with Crippen LogP contribution in [0, 0.1) is 0 Å². The second-order valence-electron chi connectivity index (χ2n) is 4.00. The van der Waals surface area contributed by atoms with Gasteiger partial charge in [0.15, 0.2) is 11.5 Å². The lowest BCUT2D eigenvalue weighted by Crippen LogP contribution is -1.86. The number of benzene rings is 2. The van der Waals surface area contributed by atoms with Crippen LogP contribution in [0.25, 0.3) is 17.2 Å². The molecule has 19 heavy (non-hydrogen) atoms. The SMILES string of the molecule is O=C(O)/C=C/c1cccc(-c2ccc(O)c(O)c2)c1. The van der Waals surface area contributed by atoms with Gasteiger partial charge < -0.3 is 15.3 Å². The number of aliphatic carboxylic acids is 1. The summed E-state index contributed by atoms with van der Waals surface area (Å²) in [5.41, 5.74) is 2.30.